The second-order valence-electron chi connectivity index (χ2n) is 8.32. The van der Waals surface area contributed by atoms with Crippen molar-refractivity contribution >= 4 is 23.7 Å². The van der Waals surface area contributed by atoms with Crippen LogP contribution < -0.4 is 5.56 Å². The highest BCUT2D eigenvalue weighted by atomic mass is 32.2. The summed E-state index contributed by atoms with van der Waals surface area (Å²) in [5, 5.41) is 0.752. The zero-order chi connectivity index (χ0) is 19.6. The van der Waals surface area contributed by atoms with Gasteiger partial charge < -0.3 is 14.0 Å². The van der Waals surface area contributed by atoms with E-state index in [4.69, 9.17) is 9.47 Å². The highest BCUT2D eigenvalue weighted by Crippen LogP contribution is 2.65. The molecule has 2 unspecified atom stereocenters. The fourth-order valence-electron chi connectivity index (χ4n) is 4.63. The predicted molar refractivity (Wildman–Crippen MR) is 98.6 cm³/mol. The highest BCUT2D eigenvalue weighted by molar-refractivity contribution is 7.99. The molecule has 1 saturated carbocycles. The van der Waals surface area contributed by atoms with Gasteiger partial charge in [0.15, 0.2) is 5.16 Å². The van der Waals surface area contributed by atoms with Crippen molar-refractivity contribution in [2.24, 2.45) is 10.8 Å². The van der Waals surface area contributed by atoms with E-state index in [1.165, 1.54) is 0 Å². The van der Waals surface area contributed by atoms with E-state index in [1.54, 1.807) is 11.8 Å². The Kier molecular flexibility index (Phi) is 4.00. The molecule has 2 atom stereocenters. The average molecular weight is 392 g/mol. The molecule has 8 heteroatoms. The van der Waals surface area contributed by atoms with Gasteiger partial charge in [-0.1, -0.05) is 25.6 Å². The van der Waals surface area contributed by atoms with Gasteiger partial charge in [0.25, 0.3) is 5.56 Å². The predicted octanol–water partition coefficient (Wildman–Crippen LogP) is 1.87. The van der Waals surface area contributed by atoms with Crippen LogP contribution in [0.4, 0.5) is 0 Å². The molecule has 27 heavy (non-hydrogen) atoms. The lowest BCUT2D eigenvalue weighted by Crippen LogP contribution is -2.49. The van der Waals surface area contributed by atoms with Crippen LogP contribution in [0.1, 0.15) is 44.9 Å². The Morgan fingerprint density at radius 1 is 1.30 bits per heavy atom. The van der Waals surface area contributed by atoms with Crippen molar-refractivity contribution in [3.63, 3.8) is 0 Å². The minimum atomic E-state index is -1.23. The maximum atomic E-state index is 12.9. The van der Waals surface area contributed by atoms with Gasteiger partial charge in [-0.2, -0.15) is 4.98 Å². The first-order chi connectivity index (χ1) is 12.6. The Bertz CT molecular complexity index is 908. The lowest BCUT2D eigenvalue weighted by Gasteiger charge is -2.34. The summed E-state index contributed by atoms with van der Waals surface area (Å²) >= 11 is 1.58. The topological polar surface area (TPSA) is 87.5 Å². The summed E-state index contributed by atoms with van der Waals surface area (Å²) in [6.07, 6.45) is 1.39. The molecule has 7 nitrogen and oxygen atoms in total. The molecule has 3 aliphatic rings. The summed E-state index contributed by atoms with van der Waals surface area (Å²) in [5.41, 5.74) is -1.33. The van der Waals surface area contributed by atoms with Gasteiger partial charge in [0.2, 0.25) is 5.60 Å². The SMILES string of the molecule is Cc1c(CCOC(=O)C23CCC(C)(C(=O)O2)C3(C)C)c(=O)nc2n1CCS2. The Labute approximate surface area is 161 Å². The van der Waals surface area contributed by atoms with Gasteiger partial charge >= 0.3 is 11.9 Å². The van der Waals surface area contributed by atoms with E-state index in [2.05, 4.69) is 4.98 Å². The zero-order valence-corrected chi connectivity index (χ0v) is 16.9. The molecular weight excluding hydrogens is 368 g/mol. The summed E-state index contributed by atoms with van der Waals surface area (Å²) in [5.74, 6) is 0.0719. The van der Waals surface area contributed by atoms with Crippen LogP contribution in [-0.4, -0.2) is 39.5 Å². The molecule has 3 heterocycles. The molecule has 0 aromatic carbocycles. The molecule has 146 valence electrons. The fourth-order valence-corrected chi connectivity index (χ4v) is 5.62. The summed E-state index contributed by atoms with van der Waals surface area (Å²) in [4.78, 5) is 41.6. The van der Waals surface area contributed by atoms with Gasteiger partial charge in [-0.3, -0.25) is 9.59 Å². The van der Waals surface area contributed by atoms with Gasteiger partial charge in [-0.15, -0.1) is 0 Å². The molecule has 1 aromatic rings. The van der Waals surface area contributed by atoms with Gasteiger partial charge in [-0.25, -0.2) is 4.79 Å². The molecule has 0 N–H and O–H groups in total. The first-order valence-electron chi connectivity index (χ1n) is 9.28. The van der Waals surface area contributed by atoms with E-state index in [1.807, 2.05) is 32.3 Å². The van der Waals surface area contributed by atoms with E-state index in [0.717, 1.165) is 23.1 Å². The van der Waals surface area contributed by atoms with Crippen molar-refractivity contribution in [2.45, 2.75) is 64.3 Å². The lowest BCUT2D eigenvalue weighted by molar-refractivity contribution is -0.183. The summed E-state index contributed by atoms with van der Waals surface area (Å²) in [6.45, 7) is 8.44. The molecule has 0 radical (unpaired) electrons. The first-order valence-corrected chi connectivity index (χ1v) is 10.3. The normalized spacial score (nSPS) is 30.3. The molecule has 2 bridgehead atoms. The highest BCUT2D eigenvalue weighted by Gasteiger charge is 2.76. The van der Waals surface area contributed by atoms with Gasteiger partial charge in [-0.05, 0) is 26.7 Å². The third-order valence-corrected chi connectivity index (χ3v) is 8.03. The minimum absolute atomic E-state index is 0.0647. The minimum Gasteiger partial charge on any atom is -0.462 e. The van der Waals surface area contributed by atoms with E-state index >= 15 is 0 Å². The number of carbonyl (C=O) groups excluding carboxylic acids is 2. The quantitative estimate of drug-likeness (QED) is 0.571. The molecule has 0 spiro atoms. The number of aromatic nitrogens is 2. The van der Waals surface area contributed by atoms with E-state index in [0.29, 0.717) is 24.8 Å². The molecule has 4 rings (SSSR count). The van der Waals surface area contributed by atoms with E-state index in [-0.39, 0.29) is 18.1 Å². The molecule has 0 amide bonds. The standard InChI is InChI=1S/C19H24N2O5S/c1-11-12(13(22)20-16-21(11)8-10-27-16)5-9-25-15(24)19-7-6-18(4,14(23)26-19)17(19,2)3/h5-10H2,1-4H3. The number of thioether (sulfide) groups is 1. The Balaban J connectivity index is 1.49. The molecule has 1 saturated heterocycles. The third-order valence-electron chi connectivity index (χ3n) is 7.07. The van der Waals surface area contributed by atoms with Crippen molar-refractivity contribution < 1.29 is 19.1 Å². The number of hydrogen-bond donors (Lipinski definition) is 0. The zero-order valence-electron chi connectivity index (χ0n) is 16.1. The summed E-state index contributed by atoms with van der Waals surface area (Å²) in [6, 6.07) is 0. The summed E-state index contributed by atoms with van der Waals surface area (Å²) < 4.78 is 13.1. The number of ether oxygens (including phenoxy) is 2. The van der Waals surface area contributed by atoms with Crippen molar-refractivity contribution in [3.05, 3.63) is 21.6 Å². The molecular formula is C19H24N2O5S. The summed E-state index contributed by atoms with van der Waals surface area (Å²) in [7, 11) is 0. The van der Waals surface area contributed by atoms with Crippen LogP contribution in [0.2, 0.25) is 0 Å². The third kappa shape index (κ3) is 2.28. The Hall–Kier alpha value is -1.83. The molecule has 1 aliphatic carbocycles. The average Bonchev–Trinajstić information content (AvgIpc) is 3.19. The maximum Gasteiger partial charge on any atom is 0.351 e. The van der Waals surface area contributed by atoms with Crippen LogP contribution in [0.25, 0.3) is 0 Å². The van der Waals surface area contributed by atoms with Crippen molar-refractivity contribution in [1.29, 1.82) is 0 Å². The second kappa shape index (κ2) is 5.83. The molecule has 2 fully saturated rings. The smallest absolute Gasteiger partial charge is 0.351 e. The Morgan fingerprint density at radius 3 is 2.67 bits per heavy atom. The lowest BCUT2D eigenvalue weighted by atomic mass is 9.66. The number of fused-ring (bicyclic) bond motifs is 3. The van der Waals surface area contributed by atoms with Crippen LogP contribution in [0, 0.1) is 17.8 Å². The van der Waals surface area contributed by atoms with Crippen LogP contribution in [0.15, 0.2) is 9.95 Å². The number of esters is 2. The van der Waals surface area contributed by atoms with Crippen LogP contribution >= 0.6 is 11.8 Å². The first kappa shape index (κ1) is 18.5. The maximum absolute atomic E-state index is 12.9. The van der Waals surface area contributed by atoms with Crippen molar-refractivity contribution in [1.82, 2.24) is 9.55 Å². The van der Waals surface area contributed by atoms with E-state index in [9.17, 15) is 14.4 Å². The van der Waals surface area contributed by atoms with Crippen molar-refractivity contribution in [2.75, 3.05) is 12.4 Å². The van der Waals surface area contributed by atoms with Gasteiger partial charge in [0.1, 0.15) is 0 Å². The van der Waals surface area contributed by atoms with Gasteiger partial charge in [0, 0.05) is 35.4 Å². The fraction of sp³-hybridized carbons (Fsp3) is 0.684. The molecule has 1 aromatic heterocycles. The molecule has 2 aliphatic heterocycles. The number of rotatable bonds is 4. The Morgan fingerprint density at radius 2 is 2.04 bits per heavy atom. The number of hydrogen-bond acceptors (Lipinski definition) is 7. The number of nitrogens with zero attached hydrogens (tertiary/aromatic N) is 2. The monoisotopic (exact) mass is 392 g/mol. The van der Waals surface area contributed by atoms with Crippen molar-refractivity contribution in [3.8, 4) is 0 Å². The van der Waals surface area contributed by atoms with Crippen LogP contribution in [0.5, 0.6) is 0 Å². The van der Waals surface area contributed by atoms with Gasteiger partial charge in [0.05, 0.1) is 12.0 Å². The second-order valence-corrected chi connectivity index (χ2v) is 9.39. The van der Waals surface area contributed by atoms with Crippen LogP contribution in [-0.2, 0) is 32.0 Å². The largest absolute Gasteiger partial charge is 0.462 e. The van der Waals surface area contributed by atoms with Crippen LogP contribution in [0.3, 0.4) is 0 Å². The number of carbonyl (C=O) groups is 2. The van der Waals surface area contributed by atoms with E-state index < -0.39 is 22.4 Å².